The van der Waals surface area contributed by atoms with Gasteiger partial charge in [0.05, 0.1) is 41.5 Å². The second-order valence-corrected chi connectivity index (χ2v) is 9.13. The quantitative estimate of drug-likeness (QED) is 0.278. The molecule has 0 radical (unpaired) electrons. The average molecular weight is 529 g/mol. The van der Waals surface area contributed by atoms with E-state index in [4.69, 9.17) is 4.74 Å². The summed E-state index contributed by atoms with van der Waals surface area (Å²) in [5.41, 5.74) is -1.96. The minimum absolute atomic E-state index is 0.0125. The fraction of sp³-hybridized carbons (Fsp3) is 0.565. The summed E-state index contributed by atoms with van der Waals surface area (Å²) in [7, 11) is 0. The van der Waals surface area contributed by atoms with Crippen molar-refractivity contribution in [1.82, 2.24) is 20.4 Å². The minimum Gasteiger partial charge on any atom is -0.381 e. The molecule has 1 saturated heterocycles. The van der Waals surface area contributed by atoms with Crippen molar-refractivity contribution in [3.63, 3.8) is 0 Å². The molecule has 13 heteroatoms. The van der Waals surface area contributed by atoms with E-state index in [0.717, 1.165) is 29.6 Å². The number of carbonyl (C=O) groups excluding carboxylic acids is 1. The number of nitrogens with zero attached hydrogens (tertiary/aromatic N) is 3. The van der Waals surface area contributed by atoms with Gasteiger partial charge in [-0.25, -0.2) is 5.10 Å². The number of likely N-dealkylation sites (tertiary alicyclic amines) is 1. The van der Waals surface area contributed by atoms with Crippen LogP contribution in [0.4, 0.5) is 18.9 Å². The number of H-pyrrole nitrogens is 1. The highest BCUT2D eigenvalue weighted by molar-refractivity contribution is 8.07. The molecular formula is C23H31F3N6O3S. The van der Waals surface area contributed by atoms with Crippen LogP contribution in [0.25, 0.3) is 0 Å². The molecule has 1 fully saturated rings. The van der Waals surface area contributed by atoms with Crippen LogP contribution < -0.4 is 16.2 Å². The first-order valence-corrected chi connectivity index (χ1v) is 12.4. The van der Waals surface area contributed by atoms with E-state index in [2.05, 4.69) is 21.8 Å². The van der Waals surface area contributed by atoms with Crippen LogP contribution >= 0.6 is 11.8 Å². The summed E-state index contributed by atoms with van der Waals surface area (Å²) in [6.45, 7) is 7.20. The molecule has 2 heterocycles. The molecule has 1 unspecified atom stereocenters. The third kappa shape index (κ3) is 8.60. The number of hydrogen-bond donors (Lipinski definition) is 3. The van der Waals surface area contributed by atoms with Gasteiger partial charge in [0.1, 0.15) is 11.6 Å². The summed E-state index contributed by atoms with van der Waals surface area (Å²) in [6, 6.07) is 2.24. The van der Waals surface area contributed by atoms with E-state index in [-0.39, 0.29) is 38.1 Å². The molecule has 198 valence electrons. The van der Waals surface area contributed by atoms with Gasteiger partial charge < -0.3 is 20.3 Å². The molecule has 0 aromatic carbocycles. The third-order valence-electron chi connectivity index (χ3n) is 5.54. The summed E-state index contributed by atoms with van der Waals surface area (Å²) < 4.78 is 44.5. The summed E-state index contributed by atoms with van der Waals surface area (Å²) in [5, 5.41) is 21.3. The molecule has 1 atom stereocenters. The van der Waals surface area contributed by atoms with Crippen molar-refractivity contribution >= 4 is 23.4 Å². The van der Waals surface area contributed by atoms with E-state index in [1.807, 2.05) is 20.8 Å². The van der Waals surface area contributed by atoms with E-state index < -0.39 is 23.0 Å². The van der Waals surface area contributed by atoms with Gasteiger partial charge in [-0.05, 0) is 32.3 Å². The fourth-order valence-corrected chi connectivity index (χ4v) is 4.37. The number of nitrogens with one attached hydrogen (secondary N) is 3. The van der Waals surface area contributed by atoms with E-state index >= 15 is 0 Å². The molecule has 3 N–H and O–H groups in total. The Labute approximate surface area is 212 Å². The molecule has 1 aromatic heterocycles. The number of hydrogen-bond acceptors (Lipinski definition) is 8. The lowest BCUT2D eigenvalue weighted by molar-refractivity contribution is -0.138. The van der Waals surface area contributed by atoms with E-state index in [1.165, 1.54) is 11.8 Å². The highest BCUT2D eigenvalue weighted by Crippen LogP contribution is 2.31. The molecule has 1 aliphatic heterocycles. The number of aromatic nitrogens is 2. The molecule has 0 saturated carbocycles. The molecule has 0 bridgehead atoms. The van der Waals surface area contributed by atoms with Crippen LogP contribution in [-0.2, 0) is 15.7 Å². The Bertz CT molecular complexity index is 1060. The number of allylic oxidation sites excluding steroid dienone is 3. The van der Waals surface area contributed by atoms with Crippen molar-refractivity contribution in [1.29, 1.82) is 5.26 Å². The second kappa shape index (κ2) is 13.9. The Balaban J connectivity index is 1.75. The summed E-state index contributed by atoms with van der Waals surface area (Å²) >= 11 is 1.40. The smallest absolute Gasteiger partial charge is 0.381 e. The lowest BCUT2D eigenvalue weighted by Gasteiger charge is -2.20. The highest BCUT2D eigenvalue weighted by atomic mass is 32.2. The van der Waals surface area contributed by atoms with E-state index in [0.29, 0.717) is 18.0 Å². The van der Waals surface area contributed by atoms with Crippen LogP contribution in [0.15, 0.2) is 32.6 Å². The number of aromatic amines is 1. The van der Waals surface area contributed by atoms with Crippen LogP contribution in [0.1, 0.15) is 45.6 Å². The van der Waals surface area contributed by atoms with Crippen molar-refractivity contribution in [2.75, 3.05) is 38.2 Å². The number of nitriles is 1. The molecule has 2 rings (SSSR count). The average Bonchev–Trinajstić information content (AvgIpc) is 3.31. The number of halogens is 3. The number of amides is 1. The normalized spacial score (nSPS) is 17.0. The molecule has 0 aliphatic carbocycles. The van der Waals surface area contributed by atoms with Crippen molar-refractivity contribution in [2.24, 2.45) is 0 Å². The van der Waals surface area contributed by atoms with Crippen molar-refractivity contribution in [3.8, 4) is 6.07 Å². The first-order chi connectivity index (χ1) is 17.1. The lowest BCUT2D eigenvalue weighted by Crippen LogP contribution is -2.35. The maximum absolute atomic E-state index is 13.0. The zero-order valence-corrected chi connectivity index (χ0v) is 21.3. The molecule has 1 aromatic rings. The number of rotatable bonds is 12. The minimum atomic E-state index is -4.82. The number of carbonyl (C=O) groups is 1. The maximum atomic E-state index is 13.0. The number of ether oxygens (including phenoxy) is 1. The maximum Gasteiger partial charge on any atom is 0.423 e. The van der Waals surface area contributed by atoms with Gasteiger partial charge in [0.15, 0.2) is 0 Å². The van der Waals surface area contributed by atoms with Crippen LogP contribution in [0.5, 0.6) is 0 Å². The van der Waals surface area contributed by atoms with Crippen molar-refractivity contribution in [2.45, 2.75) is 52.3 Å². The zero-order valence-electron chi connectivity index (χ0n) is 20.5. The van der Waals surface area contributed by atoms with Crippen LogP contribution in [-0.4, -0.2) is 59.9 Å². The fourth-order valence-electron chi connectivity index (χ4n) is 3.44. The molecular weight excluding hydrogens is 497 g/mol. The van der Waals surface area contributed by atoms with Crippen molar-refractivity contribution < 1.29 is 22.7 Å². The topological polar surface area (TPSA) is 123 Å². The predicted octanol–water partition coefficient (Wildman–Crippen LogP) is 3.60. The first-order valence-electron chi connectivity index (χ1n) is 11.5. The molecule has 36 heavy (non-hydrogen) atoms. The molecule has 0 spiro atoms. The zero-order chi connectivity index (χ0) is 26.7. The Kier molecular flexibility index (Phi) is 11.3. The Morgan fingerprint density at radius 2 is 2.19 bits per heavy atom. The number of anilines is 1. The summed E-state index contributed by atoms with van der Waals surface area (Å²) in [4.78, 5) is 26.4. The number of alkyl halides is 3. The van der Waals surface area contributed by atoms with Crippen LogP contribution in [0, 0.1) is 11.3 Å². The van der Waals surface area contributed by atoms with Crippen LogP contribution in [0.2, 0.25) is 0 Å². The van der Waals surface area contributed by atoms with E-state index in [9.17, 15) is 28.0 Å². The Morgan fingerprint density at radius 1 is 1.44 bits per heavy atom. The highest BCUT2D eigenvalue weighted by Gasteiger charge is 2.37. The van der Waals surface area contributed by atoms with Gasteiger partial charge in [0.25, 0.3) is 5.56 Å². The molecule has 9 nitrogen and oxygen atoms in total. The van der Waals surface area contributed by atoms with E-state index in [1.54, 1.807) is 16.1 Å². The Hall–Kier alpha value is -2.98. The number of thioether (sulfide) groups is 1. The molecule has 1 amide bonds. The van der Waals surface area contributed by atoms with Gasteiger partial charge in [0, 0.05) is 25.7 Å². The van der Waals surface area contributed by atoms with Gasteiger partial charge in [-0.2, -0.15) is 23.5 Å². The lowest BCUT2D eigenvalue weighted by atomic mass is 10.2. The monoisotopic (exact) mass is 528 g/mol. The first kappa shape index (κ1) is 29.3. The summed E-state index contributed by atoms with van der Waals surface area (Å²) in [5.74, 6) is -0.0676. The molecule has 1 aliphatic rings. The standard InChI is InChI=1S/C23H31F3N6O3S/c1-4-15(3)22(36-17(5-2)12-27)30-16-6-9-32(14-16)19(33)7-10-35-11-8-28-18-13-29-31-21(34)20(18)23(24,25)26/h5,13,16,30H,4,6-11,14H2,1-3H3,(H2,28,31,34)/b17-5-,22-15-. The largest absolute Gasteiger partial charge is 0.423 e. The van der Waals surface area contributed by atoms with Gasteiger partial charge in [0.2, 0.25) is 5.91 Å². The van der Waals surface area contributed by atoms with Gasteiger partial charge in [-0.1, -0.05) is 24.8 Å². The van der Waals surface area contributed by atoms with Gasteiger partial charge in [-0.3, -0.25) is 9.59 Å². The summed E-state index contributed by atoms with van der Waals surface area (Å²) in [6.07, 6.45) is -0.387. The van der Waals surface area contributed by atoms with Gasteiger partial charge in [-0.15, -0.1) is 0 Å². The SMILES string of the molecule is C/C=C(/C#N)S/C(NC1CCN(C(=O)CCOCCNc2cn[nH]c(=O)c2C(F)(F)F)C1)=C(/C)CC. The van der Waals surface area contributed by atoms with Gasteiger partial charge >= 0.3 is 6.18 Å². The Morgan fingerprint density at radius 3 is 2.83 bits per heavy atom. The second-order valence-electron chi connectivity index (χ2n) is 8.07. The third-order valence-corrected chi connectivity index (χ3v) is 6.76. The van der Waals surface area contributed by atoms with Crippen molar-refractivity contribution in [3.05, 3.63) is 43.7 Å². The van der Waals surface area contributed by atoms with Crippen LogP contribution in [0.3, 0.4) is 0 Å². The predicted molar refractivity (Wildman–Crippen MR) is 132 cm³/mol.